The first kappa shape index (κ1) is 23.6. The highest BCUT2D eigenvalue weighted by molar-refractivity contribution is 6.07. The van der Waals surface area contributed by atoms with Gasteiger partial charge in [-0.05, 0) is 48.0 Å². The Kier molecular flexibility index (Phi) is 8.08. The van der Waals surface area contributed by atoms with Crippen molar-refractivity contribution in [3.63, 3.8) is 0 Å². The van der Waals surface area contributed by atoms with E-state index in [1.165, 1.54) is 39.5 Å². The number of carbonyl (C=O) groups is 1. The maximum absolute atomic E-state index is 14.0. The van der Waals surface area contributed by atoms with Crippen molar-refractivity contribution in [1.29, 1.82) is 0 Å². The largest absolute Gasteiger partial charge is 0.493 e. The first-order valence-corrected chi connectivity index (χ1v) is 10.4. The van der Waals surface area contributed by atoms with Crippen LogP contribution in [0.3, 0.4) is 0 Å². The molecule has 1 N–H and O–H groups in total. The Hall–Kier alpha value is -3.10. The van der Waals surface area contributed by atoms with Gasteiger partial charge in [0.05, 0.1) is 27.9 Å². The number of hydrogen-bond acceptors (Lipinski definition) is 7. The highest BCUT2D eigenvalue weighted by atomic mass is 19.1. The number of nitrogens with zero attached hydrogens (tertiary/aromatic N) is 2. The zero-order valence-corrected chi connectivity index (χ0v) is 18.6. The monoisotopic (exact) mass is 444 g/mol. The fourth-order valence-corrected chi connectivity index (χ4v) is 3.77. The van der Waals surface area contributed by atoms with E-state index in [0.717, 1.165) is 24.3 Å². The molecular weight excluding hydrogens is 415 g/mol. The van der Waals surface area contributed by atoms with E-state index >= 15 is 0 Å². The maximum Gasteiger partial charge on any atom is 0.203 e. The molecule has 2 aromatic rings. The number of aliphatic hydroxyl groups excluding tert-OH is 1. The Morgan fingerprint density at radius 1 is 1.03 bits per heavy atom. The lowest BCUT2D eigenvalue weighted by molar-refractivity contribution is 0.104. The van der Waals surface area contributed by atoms with Gasteiger partial charge in [0, 0.05) is 44.0 Å². The van der Waals surface area contributed by atoms with Crippen LogP contribution in [-0.2, 0) is 0 Å². The summed E-state index contributed by atoms with van der Waals surface area (Å²) in [5, 5.41) is 9.12. The summed E-state index contributed by atoms with van der Waals surface area (Å²) in [6.07, 6.45) is 3.15. The summed E-state index contributed by atoms with van der Waals surface area (Å²) in [4.78, 5) is 17.1. The molecule has 7 nitrogen and oxygen atoms in total. The summed E-state index contributed by atoms with van der Waals surface area (Å²) in [6, 6.07) is 7.74. The number of benzene rings is 2. The van der Waals surface area contributed by atoms with Crippen LogP contribution in [0.1, 0.15) is 15.9 Å². The van der Waals surface area contributed by atoms with Gasteiger partial charge >= 0.3 is 0 Å². The number of aliphatic hydroxyl groups is 1. The van der Waals surface area contributed by atoms with Crippen LogP contribution in [0, 0.1) is 5.82 Å². The van der Waals surface area contributed by atoms with E-state index in [-0.39, 0.29) is 18.2 Å². The maximum atomic E-state index is 14.0. The van der Waals surface area contributed by atoms with E-state index in [4.69, 9.17) is 19.3 Å². The number of allylic oxidation sites excluding steroid dienone is 1. The Morgan fingerprint density at radius 2 is 1.69 bits per heavy atom. The van der Waals surface area contributed by atoms with Gasteiger partial charge in [0.15, 0.2) is 17.3 Å². The van der Waals surface area contributed by atoms with Crippen molar-refractivity contribution in [3.8, 4) is 17.2 Å². The van der Waals surface area contributed by atoms with Crippen molar-refractivity contribution in [3.05, 3.63) is 53.4 Å². The van der Waals surface area contributed by atoms with Gasteiger partial charge in [0.25, 0.3) is 0 Å². The molecule has 0 aliphatic carbocycles. The van der Waals surface area contributed by atoms with Crippen LogP contribution < -0.4 is 19.1 Å². The predicted octanol–water partition coefficient (Wildman–Crippen LogP) is 2.86. The Bertz CT molecular complexity index is 946. The van der Waals surface area contributed by atoms with Crippen molar-refractivity contribution < 1.29 is 28.5 Å². The molecule has 8 heteroatoms. The van der Waals surface area contributed by atoms with Gasteiger partial charge in [0.2, 0.25) is 5.75 Å². The Morgan fingerprint density at radius 3 is 2.25 bits per heavy atom. The van der Waals surface area contributed by atoms with Gasteiger partial charge < -0.3 is 24.2 Å². The summed E-state index contributed by atoms with van der Waals surface area (Å²) in [5.41, 5.74) is 1.88. The molecule has 3 rings (SSSR count). The average Bonchev–Trinajstić information content (AvgIpc) is 2.82. The number of piperazine rings is 1. The molecule has 32 heavy (non-hydrogen) atoms. The molecule has 0 saturated carbocycles. The number of β-amino-alcohol motifs (C(OH)–C–C–N with tert-alkyl or cyclic N) is 1. The van der Waals surface area contributed by atoms with Crippen molar-refractivity contribution in [2.45, 2.75) is 0 Å². The summed E-state index contributed by atoms with van der Waals surface area (Å²) in [5.74, 6) is 0.633. The first-order chi connectivity index (χ1) is 15.5. The molecule has 0 radical (unpaired) electrons. The predicted molar refractivity (Wildman–Crippen MR) is 122 cm³/mol. The molecule has 1 heterocycles. The minimum absolute atomic E-state index is 0.122. The molecule has 172 valence electrons. The zero-order chi connectivity index (χ0) is 23.1. The highest BCUT2D eigenvalue weighted by Crippen LogP contribution is 2.38. The molecule has 1 aliphatic heterocycles. The molecule has 0 unspecified atom stereocenters. The summed E-state index contributed by atoms with van der Waals surface area (Å²) < 4.78 is 29.9. The van der Waals surface area contributed by atoms with Crippen LogP contribution in [0.4, 0.5) is 10.1 Å². The molecule has 0 atom stereocenters. The summed E-state index contributed by atoms with van der Waals surface area (Å²) in [6.45, 7) is 3.75. The minimum atomic E-state index is -0.328. The third kappa shape index (κ3) is 5.38. The first-order valence-electron chi connectivity index (χ1n) is 10.4. The fourth-order valence-electron chi connectivity index (χ4n) is 3.77. The number of methoxy groups -OCH3 is 3. The van der Waals surface area contributed by atoms with Crippen LogP contribution in [-0.4, -0.2) is 76.4 Å². The Labute approximate surface area is 187 Å². The lowest BCUT2D eigenvalue weighted by Crippen LogP contribution is -2.47. The van der Waals surface area contributed by atoms with Crippen LogP contribution in [0.15, 0.2) is 36.4 Å². The van der Waals surface area contributed by atoms with Gasteiger partial charge in [-0.15, -0.1) is 0 Å². The van der Waals surface area contributed by atoms with Gasteiger partial charge in [-0.3, -0.25) is 9.69 Å². The van der Waals surface area contributed by atoms with E-state index < -0.39 is 0 Å². The lowest BCUT2D eigenvalue weighted by Gasteiger charge is -2.36. The van der Waals surface area contributed by atoms with Gasteiger partial charge in [-0.2, -0.15) is 0 Å². The molecule has 1 saturated heterocycles. The minimum Gasteiger partial charge on any atom is -0.493 e. The summed E-state index contributed by atoms with van der Waals surface area (Å²) >= 11 is 0. The number of anilines is 1. The van der Waals surface area contributed by atoms with Crippen molar-refractivity contribution in [2.24, 2.45) is 0 Å². The van der Waals surface area contributed by atoms with Crippen molar-refractivity contribution in [2.75, 3.05) is 65.6 Å². The smallest absolute Gasteiger partial charge is 0.203 e. The van der Waals surface area contributed by atoms with E-state index in [2.05, 4.69) is 9.80 Å². The van der Waals surface area contributed by atoms with Crippen molar-refractivity contribution in [1.82, 2.24) is 4.90 Å². The lowest BCUT2D eigenvalue weighted by atomic mass is 10.1. The van der Waals surface area contributed by atoms with Crippen LogP contribution >= 0.6 is 0 Å². The molecule has 1 fully saturated rings. The average molecular weight is 445 g/mol. The molecule has 1 aliphatic rings. The SMILES string of the molecule is COc1cc(C(=O)/C=C/c2ccc(F)cc2N2CCN(CCO)CC2)cc(OC)c1OC. The molecule has 0 bridgehead atoms. The molecule has 0 spiro atoms. The molecular formula is C24H29FN2O5. The third-order valence-corrected chi connectivity index (χ3v) is 5.49. The topological polar surface area (TPSA) is 71.5 Å². The van der Waals surface area contributed by atoms with Gasteiger partial charge in [0.1, 0.15) is 5.82 Å². The highest BCUT2D eigenvalue weighted by Gasteiger charge is 2.19. The Balaban J connectivity index is 1.83. The second-order valence-electron chi connectivity index (χ2n) is 7.37. The molecule has 2 aromatic carbocycles. The number of ketones is 1. The number of halogens is 1. The molecule has 0 aromatic heterocycles. The number of hydrogen-bond donors (Lipinski definition) is 1. The number of ether oxygens (including phenoxy) is 3. The van der Waals surface area contributed by atoms with Gasteiger partial charge in [-0.25, -0.2) is 4.39 Å². The number of rotatable bonds is 9. The van der Waals surface area contributed by atoms with Crippen molar-refractivity contribution >= 4 is 17.5 Å². The fraction of sp³-hybridized carbons (Fsp3) is 0.375. The van der Waals surface area contributed by atoms with Crippen LogP contribution in [0.25, 0.3) is 6.08 Å². The van der Waals surface area contributed by atoms with E-state index in [1.807, 2.05) is 0 Å². The van der Waals surface area contributed by atoms with Crippen LogP contribution in [0.2, 0.25) is 0 Å². The second kappa shape index (κ2) is 11.0. The van der Waals surface area contributed by atoms with Crippen LogP contribution in [0.5, 0.6) is 17.2 Å². The second-order valence-corrected chi connectivity index (χ2v) is 7.37. The van der Waals surface area contributed by atoms with E-state index in [9.17, 15) is 9.18 Å². The molecule has 0 amide bonds. The van der Waals surface area contributed by atoms with E-state index in [0.29, 0.717) is 42.4 Å². The quantitative estimate of drug-likeness (QED) is 0.471. The van der Waals surface area contributed by atoms with E-state index in [1.54, 1.807) is 24.3 Å². The summed E-state index contributed by atoms with van der Waals surface area (Å²) in [7, 11) is 4.49. The zero-order valence-electron chi connectivity index (χ0n) is 18.6. The third-order valence-electron chi connectivity index (χ3n) is 5.49. The van der Waals surface area contributed by atoms with Gasteiger partial charge in [-0.1, -0.05) is 0 Å². The normalized spacial score (nSPS) is 14.6. The standard InChI is InChI=1S/C24H29FN2O5/c1-30-22-14-18(15-23(31-2)24(22)32-3)21(29)7-5-17-4-6-19(25)16-20(17)27-10-8-26(9-11-27)12-13-28/h4-7,14-16,28H,8-13H2,1-3H3/b7-5+. The number of carbonyl (C=O) groups excluding carboxylic acids is 1.